The maximum absolute atomic E-state index is 12.0. The van der Waals surface area contributed by atoms with Gasteiger partial charge in [0.2, 0.25) is 17.7 Å². The highest BCUT2D eigenvalue weighted by Crippen LogP contribution is 2.17. The van der Waals surface area contributed by atoms with E-state index in [4.69, 9.17) is 4.42 Å². The molecule has 1 N–H and O–H groups in total. The summed E-state index contributed by atoms with van der Waals surface area (Å²) >= 11 is 0. The van der Waals surface area contributed by atoms with Gasteiger partial charge in [-0.15, -0.1) is 10.2 Å². The van der Waals surface area contributed by atoms with Crippen LogP contribution in [-0.2, 0) is 18.4 Å². The number of likely N-dealkylation sites (N-methyl/N-ethyl adjacent to an activating group) is 1. The summed E-state index contributed by atoms with van der Waals surface area (Å²) in [6.07, 6.45) is 1.77. The van der Waals surface area contributed by atoms with Crippen LogP contribution >= 0.6 is 0 Å². The van der Waals surface area contributed by atoms with Crippen molar-refractivity contribution in [3.05, 3.63) is 48.5 Å². The highest BCUT2D eigenvalue weighted by atomic mass is 16.4. The fourth-order valence-electron chi connectivity index (χ4n) is 2.21. The molecular weight excluding hydrogens is 308 g/mol. The van der Waals surface area contributed by atoms with E-state index in [0.29, 0.717) is 24.1 Å². The number of aryl methyl sites for hydroxylation is 1. The SMILES string of the molecule is CN(CC(=O)Nc1ccn(C)n1)Cc1nnc(-c2ccccc2)o1. The van der Waals surface area contributed by atoms with E-state index in [9.17, 15) is 4.79 Å². The molecule has 8 heteroatoms. The second-order valence-corrected chi connectivity index (χ2v) is 5.46. The number of rotatable bonds is 6. The number of anilines is 1. The molecule has 124 valence electrons. The van der Waals surface area contributed by atoms with Crippen molar-refractivity contribution in [2.45, 2.75) is 6.54 Å². The summed E-state index contributed by atoms with van der Waals surface area (Å²) in [6.45, 7) is 0.578. The number of benzene rings is 1. The molecule has 3 aromatic rings. The molecule has 2 heterocycles. The molecule has 8 nitrogen and oxygen atoms in total. The molecule has 1 aromatic carbocycles. The van der Waals surface area contributed by atoms with Gasteiger partial charge in [-0.05, 0) is 19.2 Å². The van der Waals surface area contributed by atoms with Crippen molar-refractivity contribution in [2.24, 2.45) is 7.05 Å². The lowest BCUT2D eigenvalue weighted by Gasteiger charge is -2.13. The predicted molar refractivity (Wildman–Crippen MR) is 87.9 cm³/mol. The first-order chi connectivity index (χ1) is 11.6. The van der Waals surface area contributed by atoms with E-state index < -0.39 is 0 Å². The molecule has 0 fully saturated rings. The molecule has 0 atom stereocenters. The van der Waals surface area contributed by atoms with Crippen LogP contribution in [0.2, 0.25) is 0 Å². The molecule has 0 saturated heterocycles. The second kappa shape index (κ2) is 7.05. The number of hydrogen-bond acceptors (Lipinski definition) is 6. The van der Waals surface area contributed by atoms with E-state index in [2.05, 4.69) is 20.6 Å². The van der Waals surface area contributed by atoms with Gasteiger partial charge >= 0.3 is 0 Å². The Morgan fingerprint density at radius 2 is 2.04 bits per heavy atom. The van der Waals surface area contributed by atoms with E-state index >= 15 is 0 Å². The van der Waals surface area contributed by atoms with E-state index in [0.717, 1.165) is 5.56 Å². The molecule has 0 bridgehead atoms. The molecule has 0 unspecified atom stereocenters. The molecule has 2 aromatic heterocycles. The monoisotopic (exact) mass is 326 g/mol. The standard InChI is InChI=1S/C16H18N6O2/c1-21(10-14(23)17-13-8-9-22(2)20-13)11-15-18-19-16(24-15)12-6-4-3-5-7-12/h3-9H,10-11H2,1-2H3,(H,17,20,23). The lowest BCUT2D eigenvalue weighted by Crippen LogP contribution is -2.30. The highest BCUT2D eigenvalue weighted by molar-refractivity contribution is 5.91. The van der Waals surface area contributed by atoms with Crippen molar-refractivity contribution in [3.8, 4) is 11.5 Å². The van der Waals surface area contributed by atoms with Crippen LogP contribution in [0.4, 0.5) is 5.82 Å². The Bertz CT molecular complexity index is 811. The fraction of sp³-hybridized carbons (Fsp3) is 0.250. The van der Waals surface area contributed by atoms with Crippen LogP contribution in [0.1, 0.15) is 5.89 Å². The highest BCUT2D eigenvalue weighted by Gasteiger charge is 2.13. The molecule has 1 amide bonds. The van der Waals surface area contributed by atoms with Crippen LogP contribution < -0.4 is 5.32 Å². The summed E-state index contributed by atoms with van der Waals surface area (Å²) in [6, 6.07) is 11.3. The van der Waals surface area contributed by atoms with Crippen LogP contribution in [0.3, 0.4) is 0 Å². The summed E-state index contributed by atoms with van der Waals surface area (Å²) in [7, 11) is 3.60. The van der Waals surface area contributed by atoms with Gasteiger partial charge < -0.3 is 9.73 Å². The third-order valence-corrected chi connectivity index (χ3v) is 3.29. The summed E-state index contributed by atoms with van der Waals surface area (Å²) < 4.78 is 7.26. The number of amides is 1. The third kappa shape index (κ3) is 4.05. The molecule has 0 aliphatic heterocycles. The number of nitrogens with one attached hydrogen (secondary N) is 1. The molecule has 0 radical (unpaired) electrons. The number of hydrogen-bond donors (Lipinski definition) is 1. The van der Waals surface area contributed by atoms with Gasteiger partial charge in [0.05, 0.1) is 13.1 Å². The van der Waals surface area contributed by atoms with Gasteiger partial charge in [-0.25, -0.2) is 0 Å². The van der Waals surface area contributed by atoms with Crippen LogP contribution in [0.15, 0.2) is 47.0 Å². The largest absolute Gasteiger partial charge is 0.419 e. The zero-order valence-corrected chi connectivity index (χ0v) is 13.5. The Balaban J connectivity index is 1.54. The van der Waals surface area contributed by atoms with Gasteiger partial charge in [-0.2, -0.15) is 5.10 Å². The Morgan fingerprint density at radius 3 is 2.75 bits per heavy atom. The van der Waals surface area contributed by atoms with Crippen LogP contribution in [-0.4, -0.2) is 44.4 Å². The molecule has 3 rings (SSSR count). The van der Waals surface area contributed by atoms with Crippen molar-refractivity contribution in [3.63, 3.8) is 0 Å². The van der Waals surface area contributed by atoms with Crippen molar-refractivity contribution < 1.29 is 9.21 Å². The molecule has 0 aliphatic rings. The minimum atomic E-state index is -0.154. The van der Waals surface area contributed by atoms with E-state index in [1.807, 2.05) is 37.4 Å². The average Bonchev–Trinajstić information content (AvgIpc) is 3.17. The van der Waals surface area contributed by atoms with Gasteiger partial charge in [0.25, 0.3) is 0 Å². The molecular formula is C16H18N6O2. The van der Waals surface area contributed by atoms with Crippen LogP contribution in [0, 0.1) is 0 Å². The third-order valence-electron chi connectivity index (χ3n) is 3.29. The lowest BCUT2D eigenvalue weighted by molar-refractivity contribution is -0.117. The maximum Gasteiger partial charge on any atom is 0.247 e. The van der Waals surface area contributed by atoms with Gasteiger partial charge in [0.15, 0.2) is 5.82 Å². The van der Waals surface area contributed by atoms with Gasteiger partial charge in [0, 0.05) is 24.9 Å². The van der Waals surface area contributed by atoms with Crippen molar-refractivity contribution in [1.82, 2.24) is 24.9 Å². The van der Waals surface area contributed by atoms with Gasteiger partial charge in [0.1, 0.15) is 0 Å². The first-order valence-electron chi connectivity index (χ1n) is 7.46. The number of carbonyl (C=O) groups excluding carboxylic acids is 1. The normalized spacial score (nSPS) is 11.0. The van der Waals surface area contributed by atoms with Gasteiger partial charge in [-0.3, -0.25) is 14.4 Å². The Hall–Kier alpha value is -3.00. The van der Waals surface area contributed by atoms with Crippen molar-refractivity contribution in [1.29, 1.82) is 0 Å². The molecule has 24 heavy (non-hydrogen) atoms. The first-order valence-corrected chi connectivity index (χ1v) is 7.46. The summed E-state index contributed by atoms with van der Waals surface area (Å²) in [5.74, 6) is 1.30. The quantitative estimate of drug-likeness (QED) is 0.739. The maximum atomic E-state index is 12.0. The molecule has 0 spiro atoms. The Labute approximate surface area is 139 Å². The lowest BCUT2D eigenvalue weighted by atomic mass is 10.2. The van der Waals surface area contributed by atoms with E-state index in [1.54, 1.807) is 28.9 Å². The predicted octanol–water partition coefficient (Wildman–Crippen LogP) is 1.54. The smallest absolute Gasteiger partial charge is 0.247 e. The minimum absolute atomic E-state index is 0.154. The number of aromatic nitrogens is 4. The minimum Gasteiger partial charge on any atom is -0.419 e. The van der Waals surface area contributed by atoms with Crippen molar-refractivity contribution >= 4 is 11.7 Å². The van der Waals surface area contributed by atoms with Crippen LogP contribution in [0.25, 0.3) is 11.5 Å². The Morgan fingerprint density at radius 1 is 1.25 bits per heavy atom. The topological polar surface area (TPSA) is 89.1 Å². The zero-order valence-electron chi connectivity index (χ0n) is 13.5. The van der Waals surface area contributed by atoms with Crippen LogP contribution in [0.5, 0.6) is 0 Å². The van der Waals surface area contributed by atoms with E-state index in [-0.39, 0.29) is 12.5 Å². The summed E-state index contributed by atoms with van der Waals surface area (Å²) in [5.41, 5.74) is 0.867. The van der Waals surface area contributed by atoms with Crippen molar-refractivity contribution in [2.75, 3.05) is 18.9 Å². The Kier molecular flexibility index (Phi) is 4.66. The zero-order chi connectivity index (χ0) is 16.9. The average molecular weight is 326 g/mol. The molecule has 0 aliphatic carbocycles. The number of carbonyl (C=O) groups is 1. The second-order valence-electron chi connectivity index (χ2n) is 5.46. The summed E-state index contributed by atoms with van der Waals surface area (Å²) in [5, 5.41) is 14.9. The molecule has 0 saturated carbocycles. The summed E-state index contributed by atoms with van der Waals surface area (Å²) in [4.78, 5) is 13.8. The van der Waals surface area contributed by atoms with Gasteiger partial charge in [-0.1, -0.05) is 18.2 Å². The first kappa shape index (κ1) is 15.9. The number of nitrogens with zero attached hydrogens (tertiary/aromatic N) is 5. The fourth-order valence-corrected chi connectivity index (χ4v) is 2.21. The van der Waals surface area contributed by atoms with E-state index in [1.165, 1.54) is 0 Å².